The van der Waals surface area contributed by atoms with Gasteiger partial charge in [0.1, 0.15) is 18.5 Å². The molecule has 28 heavy (non-hydrogen) atoms. The highest BCUT2D eigenvalue weighted by Gasteiger charge is 2.24. The Morgan fingerprint density at radius 3 is 2.75 bits per heavy atom. The Balaban J connectivity index is 1.26. The van der Waals surface area contributed by atoms with Crippen molar-refractivity contribution in [1.29, 1.82) is 0 Å². The van der Waals surface area contributed by atoms with E-state index in [1.54, 1.807) is 29.5 Å². The number of para-hydroxylation sites is 1. The smallest absolute Gasteiger partial charge is 0.139 e. The number of nitrogens with zero attached hydrogens (tertiary/aromatic N) is 2. The standard InChI is InChI=1S/C21H22Cl2N2O2S/c22-15-5-6-17(23)19(11-15)27-13-16(26)12-25-9-7-14(8-10-25)21-24-18-3-1-2-4-20(18)28-21/h1-6,11,14,16,26H,7-10,12-13H2. The number of hydrogen-bond acceptors (Lipinski definition) is 5. The topological polar surface area (TPSA) is 45.6 Å². The molecule has 7 heteroatoms. The fourth-order valence-corrected chi connectivity index (χ4v) is 5.02. The number of rotatable bonds is 6. The van der Waals surface area contributed by atoms with Gasteiger partial charge in [-0.1, -0.05) is 35.3 Å². The van der Waals surface area contributed by atoms with E-state index in [4.69, 9.17) is 32.9 Å². The molecule has 4 rings (SSSR count). The molecular weight excluding hydrogens is 415 g/mol. The molecule has 4 nitrogen and oxygen atoms in total. The number of benzene rings is 2. The van der Waals surface area contributed by atoms with Gasteiger partial charge in [-0.25, -0.2) is 4.98 Å². The summed E-state index contributed by atoms with van der Waals surface area (Å²) in [5.74, 6) is 1.01. The predicted molar refractivity (Wildman–Crippen MR) is 116 cm³/mol. The van der Waals surface area contributed by atoms with Crippen LogP contribution in [0.4, 0.5) is 0 Å². The number of thiazole rings is 1. The Kier molecular flexibility index (Phi) is 6.38. The highest BCUT2D eigenvalue weighted by molar-refractivity contribution is 7.18. The molecule has 2 aromatic carbocycles. The van der Waals surface area contributed by atoms with Crippen molar-refractivity contribution in [2.45, 2.75) is 24.9 Å². The van der Waals surface area contributed by atoms with E-state index in [9.17, 15) is 5.11 Å². The largest absolute Gasteiger partial charge is 0.489 e. The van der Waals surface area contributed by atoms with Crippen LogP contribution in [0, 0.1) is 0 Å². The van der Waals surface area contributed by atoms with Crippen LogP contribution >= 0.6 is 34.5 Å². The summed E-state index contributed by atoms with van der Waals surface area (Å²) in [7, 11) is 0. The predicted octanol–water partition coefficient (Wildman–Crippen LogP) is 5.22. The molecule has 3 aromatic rings. The summed E-state index contributed by atoms with van der Waals surface area (Å²) in [5, 5.41) is 12.6. The molecule has 0 saturated carbocycles. The Hall–Kier alpha value is -1.37. The number of aliphatic hydroxyl groups is 1. The summed E-state index contributed by atoms with van der Waals surface area (Å²) < 4.78 is 6.90. The lowest BCUT2D eigenvalue weighted by atomic mass is 9.97. The van der Waals surface area contributed by atoms with Gasteiger partial charge in [0.2, 0.25) is 0 Å². The molecule has 1 N–H and O–H groups in total. The van der Waals surface area contributed by atoms with E-state index < -0.39 is 6.10 Å². The summed E-state index contributed by atoms with van der Waals surface area (Å²) in [4.78, 5) is 7.10. The van der Waals surface area contributed by atoms with Crippen LogP contribution in [0.1, 0.15) is 23.8 Å². The first-order chi connectivity index (χ1) is 13.6. The second-order valence-electron chi connectivity index (χ2n) is 7.13. The zero-order valence-corrected chi connectivity index (χ0v) is 17.7. The minimum Gasteiger partial charge on any atom is -0.489 e. The van der Waals surface area contributed by atoms with Crippen LogP contribution in [0.5, 0.6) is 5.75 Å². The van der Waals surface area contributed by atoms with Crippen molar-refractivity contribution in [2.75, 3.05) is 26.2 Å². The third-order valence-corrected chi connectivity index (χ3v) is 6.79. The van der Waals surface area contributed by atoms with Crippen molar-refractivity contribution in [1.82, 2.24) is 9.88 Å². The van der Waals surface area contributed by atoms with Gasteiger partial charge in [-0.2, -0.15) is 0 Å². The van der Waals surface area contributed by atoms with Crippen molar-refractivity contribution < 1.29 is 9.84 Å². The van der Waals surface area contributed by atoms with Crippen LogP contribution < -0.4 is 4.74 Å². The van der Waals surface area contributed by atoms with Crippen LogP contribution in [-0.2, 0) is 0 Å². The van der Waals surface area contributed by atoms with Crippen molar-refractivity contribution in [2.24, 2.45) is 0 Å². The number of β-amino-alcohol motifs (C(OH)–C–C–N with tert-alkyl or cyclic N) is 1. The van der Waals surface area contributed by atoms with E-state index in [0.29, 0.717) is 28.3 Å². The Labute approximate surface area is 178 Å². The average molecular weight is 437 g/mol. The number of ether oxygens (including phenoxy) is 1. The zero-order chi connectivity index (χ0) is 19.5. The van der Waals surface area contributed by atoms with Gasteiger partial charge in [-0.05, 0) is 50.2 Å². The zero-order valence-electron chi connectivity index (χ0n) is 15.4. The summed E-state index contributed by atoms with van der Waals surface area (Å²) in [5.41, 5.74) is 1.09. The van der Waals surface area contributed by atoms with Crippen LogP contribution in [0.15, 0.2) is 42.5 Å². The van der Waals surface area contributed by atoms with Crippen LogP contribution in [0.25, 0.3) is 10.2 Å². The molecule has 0 radical (unpaired) electrons. The maximum Gasteiger partial charge on any atom is 0.139 e. The number of piperidine rings is 1. The van der Waals surface area contributed by atoms with Crippen molar-refractivity contribution in [3.63, 3.8) is 0 Å². The molecule has 1 aliphatic rings. The lowest BCUT2D eigenvalue weighted by molar-refractivity contribution is 0.0595. The first kappa shape index (κ1) is 19.9. The molecular formula is C21H22Cl2N2O2S. The van der Waals surface area contributed by atoms with Gasteiger partial charge in [0, 0.05) is 23.6 Å². The molecule has 0 amide bonds. The number of likely N-dealkylation sites (tertiary alicyclic amines) is 1. The number of aromatic nitrogens is 1. The van der Waals surface area contributed by atoms with Crippen LogP contribution in [0.3, 0.4) is 0 Å². The molecule has 1 fully saturated rings. The number of fused-ring (bicyclic) bond motifs is 1. The molecule has 0 aliphatic carbocycles. The Morgan fingerprint density at radius 1 is 1.18 bits per heavy atom. The minimum atomic E-state index is -0.575. The van der Waals surface area contributed by atoms with E-state index in [2.05, 4.69) is 23.1 Å². The highest BCUT2D eigenvalue weighted by atomic mass is 35.5. The van der Waals surface area contributed by atoms with Gasteiger partial charge in [-0.3, -0.25) is 0 Å². The first-order valence-electron chi connectivity index (χ1n) is 9.42. The molecule has 1 aromatic heterocycles. The van der Waals surface area contributed by atoms with Crippen molar-refractivity contribution in [3.8, 4) is 5.75 Å². The maximum absolute atomic E-state index is 10.3. The van der Waals surface area contributed by atoms with E-state index in [0.717, 1.165) is 31.4 Å². The summed E-state index contributed by atoms with van der Waals surface area (Å²) >= 11 is 13.9. The fourth-order valence-electron chi connectivity index (χ4n) is 3.55. The minimum absolute atomic E-state index is 0.192. The molecule has 148 valence electrons. The van der Waals surface area contributed by atoms with Gasteiger partial charge in [0.25, 0.3) is 0 Å². The third-order valence-electron chi connectivity index (χ3n) is 5.04. The van der Waals surface area contributed by atoms with Gasteiger partial charge >= 0.3 is 0 Å². The molecule has 0 bridgehead atoms. The lowest BCUT2D eigenvalue weighted by Gasteiger charge is -2.32. The van der Waals surface area contributed by atoms with Crippen molar-refractivity contribution >= 4 is 44.8 Å². The van der Waals surface area contributed by atoms with Crippen molar-refractivity contribution in [3.05, 3.63) is 57.5 Å². The second kappa shape index (κ2) is 8.97. The van der Waals surface area contributed by atoms with E-state index >= 15 is 0 Å². The summed E-state index contributed by atoms with van der Waals surface area (Å²) in [6.45, 7) is 2.69. The van der Waals surface area contributed by atoms with Gasteiger partial charge in [-0.15, -0.1) is 11.3 Å². The van der Waals surface area contributed by atoms with E-state index in [-0.39, 0.29) is 6.61 Å². The number of aliphatic hydroxyl groups excluding tert-OH is 1. The van der Waals surface area contributed by atoms with Gasteiger partial charge in [0.05, 0.1) is 20.2 Å². The maximum atomic E-state index is 10.3. The van der Waals surface area contributed by atoms with E-state index in [1.165, 1.54) is 9.71 Å². The SMILES string of the molecule is OC(COc1cc(Cl)ccc1Cl)CN1CCC(c2nc3ccccc3s2)CC1. The Bertz CT molecular complexity index is 908. The third kappa shape index (κ3) is 4.78. The molecule has 1 unspecified atom stereocenters. The van der Waals surface area contributed by atoms with Gasteiger partial charge < -0.3 is 14.7 Å². The summed E-state index contributed by atoms with van der Waals surface area (Å²) in [6, 6.07) is 13.4. The number of halogens is 2. The highest BCUT2D eigenvalue weighted by Crippen LogP contribution is 2.34. The lowest BCUT2D eigenvalue weighted by Crippen LogP contribution is -2.40. The number of hydrogen-bond donors (Lipinski definition) is 1. The first-order valence-corrected chi connectivity index (χ1v) is 11.0. The molecule has 2 heterocycles. The normalized spacial score (nSPS) is 17.1. The van der Waals surface area contributed by atoms with E-state index in [1.807, 2.05) is 6.07 Å². The summed E-state index contributed by atoms with van der Waals surface area (Å²) in [6.07, 6.45) is 1.55. The fraction of sp³-hybridized carbons (Fsp3) is 0.381. The second-order valence-corrected chi connectivity index (χ2v) is 9.04. The average Bonchev–Trinajstić information content (AvgIpc) is 3.13. The van der Waals surface area contributed by atoms with Gasteiger partial charge in [0.15, 0.2) is 0 Å². The quantitative estimate of drug-likeness (QED) is 0.574. The molecule has 1 saturated heterocycles. The molecule has 1 aliphatic heterocycles. The molecule has 0 spiro atoms. The molecule has 1 atom stereocenters. The van der Waals surface area contributed by atoms with Crippen LogP contribution in [-0.4, -0.2) is 47.3 Å². The van der Waals surface area contributed by atoms with Crippen LogP contribution in [0.2, 0.25) is 10.0 Å². The Morgan fingerprint density at radius 2 is 1.96 bits per heavy atom. The monoisotopic (exact) mass is 436 g/mol.